The lowest BCUT2D eigenvalue weighted by molar-refractivity contribution is -0.132. The summed E-state index contributed by atoms with van der Waals surface area (Å²) >= 11 is 0. The van der Waals surface area contributed by atoms with E-state index >= 15 is 0 Å². The number of hydroxylamine groups is 1. The van der Waals surface area contributed by atoms with Crippen molar-refractivity contribution in [1.82, 2.24) is 10.8 Å². The molecule has 0 fully saturated rings. The van der Waals surface area contributed by atoms with Crippen LogP contribution < -0.4 is 10.8 Å². The number of nitrogens with one attached hydrogen (secondary N) is 2. The first-order valence-electron chi connectivity index (χ1n) is 5.36. The smallest absolute Gasteiger partial charge is 0.266 e. The lowest BCUT2D eigenvalue weighted by atomic mass is 10.0. The van der Waals surface area contributed by atoms with Gasteiger partial charge in [0, 0.05) is 5.56 Å². The molecule has 0 heterocycles. The zero-order valence-electron chi connectivity index (χ0n) is 9.81. The molecular weight excluding hydrogens is 220 g/mol. The van der Waals surface area contributed by atoms with Gasteiger partial charge < -0.3 is 5.32 Å². The van der Waals surface area contributed by atoms with Gasteiger partial charge in [-0.05, 0) is 18.1 Å². The van der Waals surface area contributed by atoms with Gasteiger partial charge in [0.2, 0.25) is 0 Å². The van der Waals surface area contributed by atoms with E-state index in [9.17, 15) is 9.59 Å². The molecule has 0 aliphatic heterocycles. The maximum Gasteiger partial charge on any atom is 0.266 e. The van der Waals surface area contributed by atoms with Crippen LogP contribution in [0.1, 0.15) is 24.2 Å². The zero-order valence-corrected chi connectivity index (χ0v) is 9.81. The van der Waals surface area contributed by atoms with Gasteiger partial charge in [0.15, 0.2) is 0 Å². The Labute approximate surface area is 99.8 Å². The van der Waals surface area contributed by atoms with E-state index in [0.717, 1.165) is 0 Å². The van der Waals surface area contributed by atoms with Gasteiger partial charge in [0.05, 0.1) is 0 Å². The molecule has 0 aromatic heterocycles. The topological polar surface area (TPSA) is 78.4 Å². The number of benzene rings is 1. The quantitative estimate of drug-likeness (QED) is 0.538. The van der Waals surface area contributed by atoms with Crippen molar-refractivity contribution in [2.24, 2.45) is 5.92 Å². The standard InChI is InChI=1S/C12H16N2O3/c1-8(2)10(12(16)14-17)13-11(15)9-6-4-3-5-7-9/h3-8,10,17H,1-2H3,(H,13,15)(H,14,16)/t10-/m1/s1. The normalized spacial score (nSPS) is 12.0. The number of hydrogen-bond acceptors (Lipinski definition) is 3. The number of carbonyl (C=O) groups excluding carboxylic acids is 2. The maximum absolute atomic E-state index is 11.8. The molecule has 0 saturated heterocycles. The highest BCUT2D eigenvalue weighted by Crippen LogP contribution is 2.04. The minimum atomic E-state index is -0.757. The molecule has 5 heteroatoms. The van der Waals surface area contributed by atoms with Crippen molar-refractivity contribution in [3.05, 3.63) is 35.9 Å². The maximum atomic E-state index is 11.8. The third-order valence-electron chi connectivity index (χ3n) is 2.38. The molecule has 2 amide bonds. The molecule has 0 radical (unpaired) electrons. The molecule has 17 heavy (non-hydrogen) atoms. The lowest BCUT2D eigenvalue weighted by Crippen LogP contribution is -2.48. The molecule has 0 bridgehead atoms. The fraction of sp³-hybridized carbons (Fsp3) is 0.333. The van der Waals surface area contributed by atoms with Crippen molar-refractivity contribution in [2.45, 2.75) is 19.9 Å². The monoisotopic (exact) mass is 236 g/mol. The molecule has 1 rings (SSSR count). The molecule has 92 valence electrons. The highest BCUT2D eigenvalue weighted by atomic mass is 16.5. The molecule has 5 nitrogen and oxygen atoms in total. The second kappa shape index (κ2) is 6.00. The Hall–Kier alpha value is -1.88. The first-order valence-corrected chi connectivity index (χ1v) is 5.36. The fourth-order valence-electron chi connectivity index (χ4n) is 1.42. The summed E-state index contributed by atoms with van der Waals surface area (Å²) in [5.41, 5.74) is 2.03. The third-order valence-corrected chi connectivity index (χ3v) is 2.38. The number of rotatable bonds is 4. The molecule has 0 saturated carbocycles. The first kappa shape index (κ1) is 13.2. The van der Waals surface area contributed by atoms with Crippen molar-refractivity contribution in [1.29, 1.82) is 0 Å². The van der Waals surface area contributed by atoms with Gasteiger partial charge in [-0.15, -0.1) is 0 Å². The van der Waals surface area contributed by atoms with Crippen LogP contribution in [0.5, 0.6) is 0 Å². The van der Waals surface area contributed by atoms with E-state index in [0.29, 0.717) is 5.56 Å². The SMILES string of the molecule is CC(C)[C@@H](NC(=O)c1ccccc1)C(=O)NO. The average molecular weight is 236 g/mol. The van der Waals surface area contributed by atoms with Crippen LogP contribution >= 0.6 is 0 Å². The van der Waals surface area contributed by atoms with Gasteiger partial charge in [-0.2, -0.15) is 0 Å². The van der Waals surface area contributed by atoms with Crippen LogP contribution in [-0.2, 0) is 4.79 Å². The van der Waals surface area contributed by atoms with Crippen LogP contribution in [-0.4, -0.2) is 23.1 Å². The van der Waals surface area contributed by atoms with Crippen LogP contribution in [0, 0.1) is 5.92 Å². The first-order chi connectivity index (χ1) is 8.06. The zero-order chi connectivity index (χ0) is 12.8. The summed E-state index contributed by atoms with van der Waals surface area (Å²) in [5.74, 6) is -1.08. The minimum absolute atomic E-state index is 0.116. The van der Waals surface area contributed by atoms with E-state index in [2.05, 4.69) is 5.32 Å². The summed E-state index contributed by atoms with van der Waals surface area (Å²) in [6.07, 6.45) is 0. The molecular formula is C12H16N2O3. The number of amides is 2. The summed E-state index contributed by atoms with van der Waals surface area (Å²) in [5, 5.41) is 11.2. The van der Waals surface area contributed by atoms with E-state index < -0.39 is 11.9 Å². The number of carbonyl (C=O) groups is 2. The molecule has 1 aromatic carbocycles. The van der Waals surface area contributed by atoms with Crippen molar-refractivity contribution in [3.63, 3.8) is 0 Å². The summed E-state index contributed by atoms with van der Waals surface area (Å²) in [6.45, 7) is 3.57. The minimum Gasteiger partial charge on any atom is -0.340 e. The van der Waals surface area contributed by atoms with Gasteiger partial charge in [0.1, 0.15) is 6.04 Å². The Morgan fingerprint density at radius 1 is 1.18 bits per heavy atom. The predicted molar refractivity (Wildman–Crippen MR) is 62.5 cm³/mol. The second-order valence-corrected chi connectivity index (χ2v) is 4.04. The summed E-state index contributed by atoms with van der Waals surface area (Å²) in [6, 6.07) is 7.84. The Morgan fingerprint density at radius 3 is 2.24 bits per heavy atom. The van der Waals surface area contributed by atoms with Crippen molar-refractivity contribution in [3.8, 4) is 0 Å². The van der Waals surface area contributed by atoms with Gasteiger partial charge in [0.25, 0.3) is 11.8 Å². The highest BCUT2D eigenvalue weighted by Gasteiger charge is 2.24. The lowest BCUT2D eigenvalue weighted by Gasteiger charge is -2.20. The molecule has 1 aromatic rings. The molecule has 0 unspecified atom stereocenters. The Bertz CT molecular complexity index is 390. The second-order valence-electron chi connectivity index (χ2n) is 4.04. The summed E-state index contributed by atoms with van der Waals surface area (Å²) in [7, 11) is 0. The molecule has 0 aliphatic rings. The van der Waals surface area contributed by atoms with Crippen molar-refractivity contribution < 1.29 is 14.8 Å². The summed E-state index contributed by atoms with van der Waals surface area (Å²) < 4.78 is 0. The van der Waals surface area contributed by atoms with E-state index in [-0.39, 0.29) is 11.8 Å². The predicted octanol–water partition coefficient (Wildman–Crippen LogP) is 0.946. The molecule has 1 atom stereocenters. The van der Waals surface area contributed by atoms with Crippen LogP contribution in [0.15, 0.2) is 30.3 Å². The third kappa shape index (κ3) is 3.57. The molecule has 0 aliphatic carbocycles. The van der Waals surface area contributed by atoms with Crippen LogP contribution in [0.3, 0.4) is 0 Å². The van der Waals surface area contributed by atoms with Gasteiger partial charge in [-0.3, -0.25) is 14.8 Å². The van der Waals surface area contributed by atoms with Gasteiger partial charge in [-0.1, -0.05) is 32.0 Å². The molecule has 3 N–H and O–H groups in total. The van der Waals surface area contributed by atoms with Gasteiger partial charge in [-0.25, -0.2) is 5.48 Å². The number of hydrogen-bond donors (Lipinski definition) is 3. The average Bonchev–Trinajstić information content (AvgIpc) is 2.35. The van der Waals surface area contributed by atoms with Gasteiger partial charge >= 0.3 is 0 Å². The Morgan fingerprint density at radius 2 is 1.76 bits per heavy atom. The Kier molecular flexibility index (Phi) is 4.66. The Balaban J connectivity index is 2.75. The van der Waals surface area contributed by atoms with Crippen LogP contribution in [0.25, 0.3) is 0 Å². The van der Waals surface area contributed by atoms with E-state index in [1.54, 1.807) is 49.7 Å². The van der Waals surface area contributed by atoms with E-state index in [1.165, 1.54) is 0 Å². The van der Waals surface area contributed by atoms with E-state index in [1.807, 2.05) is 0 Å². The molecule has 0 spiro atoms. The highest BCUT2D eigenvalue weighted by molar-refractivity contribution is 5.97. The van der Waals surface area contributed by atoms with Crippen molar-refractivity contribution in [2.75, 3.05) is 0 Å². The van der Waals surface area contributed by atoms with Crippen molar-refractivity contribution >= 4 is 11.8 Å². The van der Waals surface area contributed by atoms with Crippen LogP contribution in [0.4, 0.5) is 0 Å². The summed E-state index contributed by atoms with van der Waals surface area (Å²) in [4.78, 5) is 23.2. The largest absolute Gasteiger partial charge is 0.340 e. The van der Waals surface area contributed by atoms with Crippen LogP contribution in [0.2, 0.25) is 0 Å². The fourth-order valence-corrected chi connectivity index (χ4v) is 1.42. The van der Waals surface area contributed by atoms with E-state index in [4.69, 9.17) is 5.21 Å².